The van der Waals surface area contributed by atoms with Crippen molar-refractivity contribution in [1.82, 2.24) is 14.3 Å². The van der Waals surface area contributed by atoms with Crippen LogP contribution >= 0.6 is 11.6 Å². The van der Waals surface area contributed by atoms with Gasteiger partial charge < -0.3 is 4.57 Å². The summed E-state index contributed by atoms with van der Waals surface area (Å²) in [4.78, 5) is 4.78. The smallest absolute Gasteiger partial charge is 0.240 e. The summed E-state index contributed by atoms with van der Waals surface area (Å²) in [6, 6.07) is 6.12. The summed E-state index contributed by atoms with van der Waals surface area (Å²) in [5, 5.41) is 0.510. The maximum atomic E-state index is 12.3. The fourth-order valence-corrected chi connectivity index (χ4v) is 3.86. The molecule has 0 fully saturated rings. The molecule has 1 heterocycles. The van der Waals surface area contributed by atoms with E-state index in [1.165, 1.54) is 24.2 Å². The number of imidazole rings is 1. The number of aromatic nitrogens is 2. The third-order valence-electron chi connectivity index (χ3n) is 4.01. The second-order valence-corrected chi connectivity index (χ2v) is 7.67. The van der Waals surface area contributed by atoms with Crippen LogP contribution in [0.2, 0.25) is 5.02 Å². The highest BCUT2D eigenvalue weighted by molar-refractivity contribution is 7.89. The van der Waals surface area contributed by atoms with Crippen LogP contribution in [0.25, 0.3) is 0 Å². The van der Waals surface area contributed by atoms with Gasteiger partial charge in [-0.3, -0.25) is 0 Å². The SMILES string of the molecule is Cn1c(CNS(=O)(=O)c2ccc(Cl)cc2)nc2c1CCCC2. The fraction of sp³-hybridized carbons (Fsp3) is 0.400. The van der Waals surface area contributed by atoms with E-state index in [-0.39, 0.29) is 11.4 Å². The van der Waals surface area contributed by atoms with Crippen LogP contribution in [0, 0.1) is 0 Å². The van der Waals surface area contributed by atoms with E-state index in [0.717, 1.165) is 30.8 Å². The van der Waals surface area contributed by atoms with E-state index in [1.54, 1.807) is 12.1 Å². The van der Waals surface area contributed by atoms with Crippen molar-refractivity contribution >= 4 is 21.6 Å². The second-order valence-electron chi connectivity index (χ2n) is 5.47. The van der Waals surface area contributed by atoms with Crippen LogP contribution in [0.1, 0.15) is 30.1 Å². The Hall–Kier alpha value is -1.37. The summed E-state index contributed by atoms with van der Waals surface area (Å²) in [5.74, 6) is 0.754. The Kier molecular flexibility index (Phi) is 4.25. The number of rotatable bonds is 4. The minimum absolute atomic E-state index is 0.189. The van der Waals surface area contributed by atoms with E-state index in [4.69, 9.17) is 11.6 Å². The van der Waals surface area contributed by atoms with Crippen molar-refractivity contribution in [1.29, 1.82) is 0 Å². The Morgan fingerprint density at radius 2 is 1.91 bits per heavy atom. The maximum Gasteiger partial charge on any atom is 0.240 e. The van der Waals surface area contributed by atoms with E-state index in [0.29, 0.717) is 5.02 Å². The molecule has 1 aliphatic carbocycles. The molecule has 22 heavy (non-hydrogen) atoms. The summed E-state index contributed by atoms with van der Waals surface area (Å²) in [5.41, 5.74) is 2.33. The van der Waals surface area contributed by atoms with Gasteiger partial charge in [0.15, 0.2) is 0 Å². The van der Waals surface area contributed by atoms with Crippen molar-refractivity contribution in [2.45, 2.75) is 37.1 Å². The van der Waals surface area contributed by atoms with Crippen LogP contribution in [-0.2, 0) is 36.5 Å². The second kappa shape index (κ2) is 6.02. The summed E-state index contributed by atoms with van der Waals surface area (Å²) in [6.45, 7) is 0.189. The van der Waals surface area contributed by atoms with Crippen molar-refractivity contribution in [2.75, 3.05) is 0 Å². The number of halogens is 1. The van der Waals surface area contributed by atoms with E-state index >= 15 is 0 Å². The maximum absolute atomic E-state index is 12.3. The first-order valence-corrected chi connectivity index (χ1v) is 9.12. The minimum Gasteiger partial charge on any atom is -0.334 e. The number of hydrogen-bond donors (Lipinski definition) is 1. The first-order chi connectivity index (χ1) is 10.5. The number of sulfonamides is 1. The Morgan fingerprint density at radius 1 is 1.23 bits per heavy atom. The lowest BCUT2D eigenvalue weighted by Crippen LogP contribution is -2.24. The highest BCUT2D eigenvalue weighted by Crippen LogP contribution is 2.21. The van der Waals surface area contributed by atoms with E-state index in [9.17, 15) is 8.42 Å². The Balaban J connectivity index is 1.77. The van der Waals surface area contributed by atoms with Gasteiger partial charge >= 0.3 is 0 Å². The van der Waals surface area contributed by atoms with Crippen LogP contribution in [0.4, 0.5) is 0 Å². The Bertz CT molecular complexity index is 782. The third kappa shape index (κ3) is 3.04. The normalized spacial score (nSPS) is 14.8. The molecular formula is C15H18ClN3O2S. The Labute approximate surface area is 135 Å². The fourth-order valence-electron chi connectivity index (χ4n) is 2.76. The molecule has 0 radical (unpaired) electrons. The standard InChI is InChI=1S/C15H18ClN3O2S/c1-19-14-5-3-2-4-13(14)18-15(19)10-17-22(20,21)12-8-6-11(16)7-9-12/h6-9,17H,2-5,10H2,1H3. The predicted octanol–water partition coefficient (Wildman–Crippen LogP) is 2.43. The van der Waals surface area contributed by atoms with E-state index in [1.807, 2.05) is 11.6 Å². The molecule has 1 aromatic heterocycles. The van der Waals surface area contributed by atoms with Crippen molar-refractivity contribution in [3.63, 3.8) is 0 Å². The van der Waals surface area contributed by atoms with Gasteiger partial charge in [-0.25, -0.2) is 18.1 Å². The molecule has 0 saturated carbocycles. The molecule has 0 saturated heterocycles. The van der Waals surface area contributed by atoms with Gasteiger partial charge in [-0.1, -0.05) is 11.6 Å². The molecular weight excluding hydrogens is 322 g/mol. The van der Waals surface area contributed by atoms with Gasteiger partial charge in [0.2, 0.25) is 10.0 Å². The molecule has 0 bridgehead atoms. The van der Waals surface area contributed by atoms with Gasteiger partial charge in [-0.2, -0.15) is 0 Å². The molecule has 0 aliphatic heterocycles. The number of nitrogens with zero attached hydrogens (tertiary/aromatic N) is 2. The van der Waals surface area contributed by atoms with Crippen molar-refractivity contribution in [2.24, 2.45) is 7.05 Å². The van der Waals surface area contributed by atoms with Gasteiger partial charge in [0.05, 0.1) is 17.1 Å². The summed E-state index contributed by atoms with van der Waals surface area (Å²) < 4.78 is 29.2. The molecule has 1 N–H and O–H groups in total. The average Bonchev–Trinajstić information content (AvgIpc) is 2.83. The van der Waals surface area contributed by atoms with Gasteiger partial charge in [0.1, 0.15) is 5.82 Å². The molecule has 5 nitrogen and oxygen atoms in total. The van der Waals surface area contributed by atoms with E-state index < -0.39 is 10.0 Å². The van der Waals surface area contributed by atoms with Crippen molar-refractivity contribution < 1.29 is 8.42 Å². The van der Waals surface area contributed by atoms with Gasteiger partial charge in [0.25, 0.3) is 0 Å². The molecule has 0 amide bonds. The molecule has 2 aromatic rings. The topological polar surface area (TPSA) is 64.0 Å². The van der Waals surface area contributed by atoms with Gasteiger partial charge in [-0.05, 0) is 49.9 Å². The van der Waals surface area contributed by atoms with Crippen LogP contribution in [0.5, 0.6) is 0 Å². The summed E-state index contributed by atoms with van der Waals surface area (Å²) >= 11 is 5.78. The van der Waals surface area contributed by atoms with Crippen LogP contribution in [0.3, 0.4) is 0 Å². The number of nitrogens with one attached hydrogen (secondary N) is 1. The molecule has 0 spiro atoms. The zero-order valence-electron chi connectivity index (χ0n) is 12.3. The van der Waals surface area contributed by atoms with Crippen molar-refractivity contribution in [3.8, 4) is 0 Å². The first-order valence-electron chi connectivity index (χ1n) is 7.26. The molecule has 3 rings (SSSR count). The number of benzene rings is 1. The Morgan fingerprint density at radius 3 is 2.59 bits per heavy atom. The van der Waals surface area contributed by atoms with Crippen molar-refractivity contribution in [3.05, 3.63) is 46.5 Å². The molecule has 0 unspecified atom stereocenters. The quantitative estimate of drug-likeness (QED) is 0.930. The molecule has 1 aliphatic rings. The zero-order valence-corrected chi connectivity index (χ0v) is 13.9. The number of fused-ring (bicyclic) bond motifs is 1. The molecule has 118 valence electrons. The average molecular weight is 340 g/mol. The summed E-state index contributed by atoms with van der Waals surface area (Å²) in [6.07, 6.45) is 4.32. The van der Waals surface area contributed by atoms with Crippen LogP contribution < -0.4 is 4.72 Å². The van der Waals surface area contributed by atoms with Gasteiger partial charge in [0, 0.05) is 17.8 Å². The lowest BCUT2D eigenvalue weighted by Gasteiger charge is -2.11. The number of aryl methyl sites for hydroxylation is 1. The monoisotopic (exact) mass is 339 g/mol. The lowest BCUT2D eigenvalue weighted by molar-refractivity contribution is 0.576. The minimum atomic E-state index is -3.56. The molecule has 7 heteroatoms. The third-order valence-corrected chi connectivity index (χ3v) is 5.68. The zero-order chi connectivity index (χ0) is 15.7. The van der Waals surface area contributed by atoms with Crippen LogP contribution in [-0.4, -0.2) is 18.0 Å². The lowest BCUT2D eigenvalue weighted by atomic mass is 10.0. The van der Waals surface area contributed by atoms with Crippen LogP contribution in [0.15, 0.2) is 29.2 Å². The predicted molar refractivity (Wildman–Crippen MR) is 85.3 cm³/mol. The molecule has 1 aromatic carbocycles. The molecule has 0 atom stereocenters. The highest BCUT2D eigenvalue weighted by atomic mass is 35.5. The highest BCUT2D eigenvalue weighted by Gasteiger charge is 2.20. The van der Waals surface area contributed by atoms with Gasteiger partial charge in [-0.15, -0.1) is 0 Å². The largest absolute Gasteiger partial charge is 0.334 e. The first kappa shape index (κ1) is 15.5. The summed E-state index contributed by atoms with van der Waals surface area (Å²) in [7, 11) is -1.61. The van der Waals surface area contributed by atoms with E-state index in [2.05, 4.69) is 9.71 Å². The number of hydrogen-bond acceptors (Lipinski definition) is 3.